The summed E-state index contributed by atoms with van der Waals surface area (Å²) in [6, 6.07) is -0.898. The largest absolute Gasteiger partial charge is 0.756 e. The van der Waals surface area contributed by atoms with E-state index in [1.807, 2.05) is 39.4 Å². The Morgan fingerprint density at radius 3 is 1.38 bits per heavy atom. The summed E-state index contributed by atoms with van der Waals surface area (Å²) >= 11 is 0. The fourth-order valence-corrected chi connectivity index (χ4v) is 9.12. The molecule has 0 fully saturated rings. The van der Waals surface area contributed by atoms with E-state index in [9.17, 15) is 19.0 Å². The van der Waals surface area contributed by atoms with Gasteiger partial charge < -0.3 is 28.5 Å². The number of phosphoric acid groups is 1. The van der Waals surface area contributed by atoms with E-state index >= 15 is 0 Å². The van der Waals surface area contributed by atoms with Crippen molar-refractivity contribution >= 4 is 19.7 Å². The standard InChI is InChI=1S/C61H113N2O7P/c1-7-10-13-16-19-22-25-27-28-29-30-31-32-33-34-36-39-42-45-48-51-54-61(65)70-59(52-49-46-43-40-37-24-21-18-15-12-9-3)58(57-69-71(66,67)68-56-55-63(4,5)6)62-60(64)53-50-47-44-41-38-35-26-23-20-17-14-11-8-2/h11,14,17,20,23,26-28,49,52,58-59H,7-10,12-13,15-16,18-19,21-22,24-25,29-48,50-51,53-57H2,1-6H3,(H-,62,64,66,67)/b14-11+,20-17+,26-23-,28-27+,52-49-. The van der Waals surface area contributed by atoms with Gasteiger partial charge in [-0.1, -0.05) is 236 Å². The summed E-state index contributed by atoms with van der Waals surface area (Å²) in [6.45, 7) is 6.69. The molecule has 3 atom stereocenters. The number of esters is 1. The molecule has 0 saturated heterocycles. The number of unbranched alkanes of at least 4 members (excludes halogenated alkanes) is 31. The maximum atomic E-state index is 13.5. The van der Waals surface area contributed by atoms with Crippen LogP contribution in [0.5, 0.6) is 0 Å². The van der Waals surface area contributed by atoms with Crippen molar-refractivity contribution < 1.29 is 37.3 Å². The molecule has 1 N–H and O–H groups in total. The summed E-state index contributed by atoms with van der Waals surface area (Å²) in [5, 5.41) is 3.01. The van der Waals surface area contributed by atoms with Gasteiger partial charge in [0.25, 0.3) is 7.82 Å². The lowest BCUT2D eigenvalue weighted by Crippen LogP contribution is -2.47. The molecule has 9 nitrogen and oxygen atoms in total. The summed E-state index contributed by atoms with van der Waals surface area (Å²) in [5.41, 5.74) is 0. The minimum atomic E-state index is -4.70. The molecule has 0 aromatic carbocycles. The number of hydrogen-bond acceptors (Lipinski definition) is 7. The van der Waals surface area contributed by atoms with Gasteiger partial charge in [0.2, 0.25) is 5.91 Å². The highest BCUT2D eigenvalue weighted by atomic mass is 31.2. The first-order valence-electron chi connectivity index (χ1n) is 29.6. The molecule has 1 amide bonds. The normalized spacial score (nSPS) is 14.2. The van der Waals surface area contributed by atoms with Crippen LogP contribution in [-0.4, -0.2) is 69.4 Å². The van der Waals surface area contributed by atoms with E-state index in [0.717, 1.165) is 77.0 Å². The minimum Gasteiger partial charge on any atom is -0.756 e. The highest BCUT2D eigenvalue weighted by molar-refractivity contribution is 7.45. The van der Waals surface area contributed by atoms with Crippen molar-refractivity contribution in [1.82, 2.24) is 5.32 Å². The molecule has 0 aliphatic rings. The molecule has 0 rings (SSSR count). The number of carbonyl (C=O) groups excluding carboxylic acids is 2. The van der Waals surface area contributed by atoms with Gasteiger partial charge in [-0.2, -0.15) is 0 Å². The topological polar surface area (TPSA) is 114 Å². The number of carbonyl (C=O) groups is 2. The monoisotopic (exact) mass is 1020 g/mol. The minimum absolute atomic E-state index is 0.0278. The van der Waals surface area contributed by atoms with Gasteiger partial charge in [-0.15, -0.1) is 0 Å². The first-order valence-corrected chi connectivity index (χ1v) is 31.1. The number of likely N-dealkylation sites (N-methyl/N-ethyl adjacent to an activating group) is 1. The van der Waals surface area contributed by atoms with Gasteiger partial charge in [-0.3, -0.25) is 14.2 Å². The summed E-state index contributed by atoms with van der Waals surface area (Å²) < 4.78 is 30.2. The van der Waals surface area contributed by atoms with Crippen LogP contribution in [0.4, 0.5) is 0 Å². The van der Waals surface area contributed by atoms with E-state index < -0.39 is 26.6 Å². The lowest BCUT2D eigenvalue weighted by molar-refractivity contribution is -0.870. The third-order valence-corrected chi connectivity index (χ3v) is 14.0. The highest BCUT2D eigenvalue weighted by Crippen LogP contribution is 2.38. The van der Waals surface area contributed by atoms with Gasteiger partial charge in [0.15, 0.2) is 0 Å². The van der Waals surface area contributed by atoms with Crippen LogP contribution in [0.15, 0.2) is 60.8 Å². The number of amides is 1. The summed E-state index contributed by atoms with van der Waals surface area (Å²) in [7, 11) is 1.17. The molecule has 0 aromatic rings. The van der Waals surface area contributed by atoms with E-state index in [0.29, 0.717) is 23.9 Å². The van der Waals surface area contributed by atoms with Crippen molar-refractivity contribution in [2.24, 2.45) is 0 Å². The van der Waals surface area contributed by atoms with E-state index in [1.54, 1.807) is 0 Å². The number of hydrogen-bond donors (Lipinski definition) is 1. The van der Waals surface area contributed by atoms with Crippen LogP contribution in [0.25, 0.3) is 0 Å². The molecule has 0 aliphatic heterocycles. The number of quaternary nitrogens is 1. The predicted octanol–water partition coefficient (Wildman–Crippen LogP) is 17.3. The molecule has 414 valence electrons. The molecule has 71 heavy (non-hydrogen) atoms. The molecular formula is C61H113N2O7P. The van der Waals surface area contributed by atoms with E-state index in [2.05, 4.69) is 68.6 Å². The van der Waals surface area contributed by atoms with Crippen LogP contribution in [-0.2, 0) is 27.9 Å². The second kappa shape index (κ2) is 51.2. The summed E-state index contributed by atoms with van der Waals surface area (Å²) in [5.74, 6) is -0.564. The Morgan fingerprint density at radius 2 is 0.915 bits per heavy atom. The Morgan fingerprint density at radius 1 is 0.507 bits per heavy atom. The van der Waals surface area contributed by atoms with Gasteiger partial charge in [-0.25, -0.2) is 0 Å². The van der Waals surface area contributed by atoms with Crippen LogP contribution in [0.1, 0.15) is 265 Å². The van der Waals surface area contributed by atoms with Gasteiger partial charge in [0, 0.05) is 12.8 Å². The molecule has 0 aromatic heterocycles. The second-order valence-corrected chi connectivity index (χ2v) is 22.6. The molecule has 0 radical (unpaired) electrons. The molecular weight excluding hydrogens is 904 g/mol. The molecule has 3 unspecified atom stereocenters. The zero-order valence-corrected chi connectivity index (χ0v) is 48.1. The number of nitrogens with zero attached hydrogens (tertiary/aromatic N) is 1. The van der Waals surface area contributed by atoms with Crippen LogP contribution in [0, 0.1) is 0 Å². The van der Waals surface area contributed by atoms with Crippen LogP contribution in [0.2, 0.25) is 0 Å². The zero-order valence-electron chi connectivity index (χ0n) is 47.2. The van der Waals surface area contributed by atoms with Crippen molar-refractivity contribution in [2.75, 3.05) is 40.9 Å². The third-order valence-electron chi connectivity index (χ3n) is 13.0. The number of rotatable bonds is 53. The fraction of sp³-hybridized carbons (Fsp3) is 0.803. The maximum Gasteiger partial charge on any atom is 0.306 e. The molecule has 0 bridgehead atoms. The van der Waals surface area contributed by atoms with Crippen molar-refractivity contribution in [3.8, 4) is 0 Å². The van der Waals surface area contributed by atoms with Crippen LogP contribution >= 0.6 is 7.82 Å². The lowest BCUT2D eigenvalue weighted by atomic mass is 10.0. The highest BCUT2D eigenvalue weighted by Gasteiger charge is 2.27. The molecule has 0 aliphatic carbocycles. The molecule has 0 saturated carbocycles. The van der Waals surface area contributed by atoms with Crippen LogP contribution in [0.3, 0.4) is 0 Å². The predicted molar refractivity (Wildman–Crippen MR) is 302 cm³/mol. The van der Waals surface area contributed by atoms with E-state index in [1.165, 1.54) is 148 Å². The van der Waals surface area contributed by atoms with Crippen molar-refractivity contribution in [3.05, 3.63) is 60.8 Å². The molecule has 0 heterocycles. The average molecular weight is 1020 g/mol. The van der Waals surface area contributed by atoms with Crippen molar-refractivity contribution in [1.29, 1.82) is 0 Å². The fourth-order valence-electron chi connectivity index (χ4n) is 8.40. The van der Waals surface area contributed by atoms with Gasteiger partial charge in [0.1, 0.15) is 19.3 Å². The van der Waals surface area contributed by atoms with E-state index in [-0.39, 0.29) is 24.9 Å². The van der Waals surface area contributed by atoms with Gasteiger partial charge >= 0.3 is 5.97 Å². The zero-order chi connectivity index (χ0) is 52.2. The van der Waals surface area contributed by atoms with Crippen molar-refractivity contribution in [2.45, 2.75) is 277 Å². The Balaban J connectivity index is 5.21. The van der Waals surface area contributed by atoms with Gasteiger partial charge in [-0.05, 0) is 76.7 Å². The lowest BCUT2D eigenvalue weighted by Gasteiger charge is -2.30. The number of allylic oxidation sites excluding steroid dienone is 9. The Labute approximate surface area is 439 Å². The number of nitrogens with one attached hydrogen (secondary N) is 1. The van der Waals surface area contributed by atoms with Crippen molar-refractivity contribution in [3.63, 3.8) is 0 Å². The average Bonchev–Trinajstić information content (AvgIpc) is 3.33. The second-order valence-electron chi connectivity index (χ2n) is 21.2. The quantitative estimate of drug-likeness (QED) is 0.0161. The SMILES string of the molecule is CC/C=C/C=C/C=C\CCCCCCCC(=O)NC(COP(=O)([O-])OCC[N+](C)(C)C)C(/C=C\CCCCCCCCCCC)OC(=O)CCCCCCCCCCCCC/C=C/CCCCCCCC. The molecule has 10 heteroatoms. The summed E-state index contributed by atoms with van der Waals surface area (Å²) in [4.78, 5) is 39.8. The smallest absolute Gasteiger partial charge is 0.306 e. The first kappa shape index (κ1) is 68.7. The Bertz CT molecular complexity index is 1400. The first-order chi connectivity index (χ1) is 34.4. The van der Waals surface area contributed by atoms with E-state index in [4.69, 9.17) is 13.8 Å². The molecule has 0 spiro atoms. The number of phosphoric ester groups is 1. The Kier molecular flexibility index (Phi) is 49.6. The van der Waals surface area contributed by atoms with Crippen LogP contribution < -0.4 is 10.2 Å². The number of ether oxygens (including phenoxy) is 1. The third kappa shape index (κ3) is 52.4. The Hall–Kier alpha value is -2.29. The summed E-state index contributed by atoms with van der Waals surface area (Å²) in [6.07, 6.45) is 63.4. The van der Waals surface area contributed by atoms with Gasteiger partial charge in [0.05, 0.1) is 33.8 Å². The maximum absolute atomic E-state index is 13.5.